The second-order valence-electron chi connectivity index (χ2n) is 6.80. The van der Waals surface area contributed by atoms with E-state index in [1.165, 1.54) is 0 Å². The van der Waals surface area contributed by atoms with Gasteiger partial charge in [0.05, 0.1) is 0 Å². The molecule has 4 rings (SSSR count). The first-order valence-electron chi connectivity index (χ1n) is 9.33. The molecule has 2 amide bonds. The summed E-state index contributed by atoms with van der Waals surface area (Å²) in [4.78, 5) is 29.0. The van der Waals surface area contributed by atoms with Gasteiger partial charge in [0.15, 0.2) is 0 Å². The number of rotatable bonds is 5. The minimum Gasteiger partial charge on any atom is -0.332 e. The Hall–Kier alpha value is -3.52. The molecule has 1 N–H and O–H groups in total. The van der Waals surface area contributed by atoms with E-state index in [1.807, 2.05) is 37.3 Å². The van der Waals surface area contributed by atoms with E-state index in [0.29, 0.717) is 28.7 Å². The van der Waals surface area contributed by atoms with Crippen molar-refractivity contribution in [2.24, 2.45) is 5.10 Å². The molecule has 0 spiro atoms. The molecule has 0 fully saturated rings. The van der Waals surface area contributed by atoms with Crippen LogP contribution in [0.5, 0.6) is 0 Å². The summed E-state index contributed by atoms with van der Waals surface area (Å²) in [5.41, 5.74) is 2.74. The fourth-order valence-corrected chi connectivity index (χ4v) is 3.11. The Morgan fingerprint density at radius 1 is 1.20 bits per heavy atom. The van der Waals surface area contributed by atoms with Crippen LogP contribution in [0.2, 0.25) is 5.02 Å². The molecule has 0 bridgehead atoms. The predicted molar refractivity (Wildman–Crippen MR) is 112 cm³/mol. The van der Waals surface area contributed by atoms with Crippen molar-refractivity contribution in [2.45, 2.75) is 19.8 Å². The Balaban J connectivity index is 1.47. The van der Waals surface area contributed by atoms with Crippen LogP contribution in [-0.4, -0.2) is 39.2 Å². The Labute approximate surface area is 177 Å². The zero-order chi connectivity index (χ0) is 21.1. The molecule has 30 heavy (non-hydrogen) atoms. The van der Waals surface area contributed by atoms with E-state index in [9.17, 15) is 9.59 Å². The molecule has 152 valence electrons. The summed E-state index contributed by atoms with van der Waals surface area (Å²) in [6, 6.07) is 14.6. The first kappa shape index (κ1) is 19.8. The molecule has 3 aromatic rings. The molecule has 0 radical (unpaired) electrons. The van der Waals surface area contributed by atoms with Gasteiger partial charge in [0.2, 0.25) is 17.6 Å². The predicted octanol–water partition coefficient (Wildman–Crippen LogP) is 3.66. The number of hydrazone groups is 1. The molecule has 1 aromatic heterocycles. The molecule has 2 heterocycles. The lowest BCUT2D eigenvalue weighted by atomic mass is 10.1. The number of nitrogens with one attached hydrogen (secondary N) is 1. The van der Waals surface area contributed by atoms with E-state index in [4.69, 9.17) is 16.1 Å². The third-order valence-corrected chi connectivity index (χ3v) is 4.97. The first-order chi connectivity index (χ1) is 14.5. The summed E-state index contributed by atoms with van der Waals surface area (Å²) < 4.78 is 5.32. The average Bonchev–Trinajstić information content (AvgIpc) is 3.23. The van der Waals surface area contributed by atoms with Gasteiger partial charge in [0.1, 0.15) is 12.3 Å². The number of benzene rings is 2. The van der Waals surface area contributed by atoms with Crippen LogP contribution in [0, 0.1) is 6.92 Å². The summed E-state index contributed by atoms with van der Waals surface area (Å²) >= 11 is 6.08. The summed E-state index contributed by atoms with van der Waals surface area (Å²) in [5.74, 6) is 0.0326. The SMILES string of the molecule is Cc1ccc(NC(=O)CN2N=C(c3nc(-c4ccccc4)no3)CCC2=O)cc1Cl. The number of carbonyl (C=O) groups is 2. The number of hydrogen-bond donors (Lipinski definition) is 1. The molecule has 0 saturated carbocycles. The number of nitrogens with zero attached hydrogens (tertiary/aromatic N) is 4. The van der Waals surface area contributed by atoms with Crippen molar-refractivity contribution in [3.05, 3.63) is 65.0 Å². The second-order valence-corrected chi connectivity index (χ2v) is 7.21. The fourth-order valence-electron chi connectivity index (χ4n) is 2.93. The van der Waals surface area contributed by atoms with Crippen molar-refractivity contribution in [1.29, 1.82) is 0 Å². The van der Waals surface area contributed by atoms with Crippen molar-refractivity contribution in [3.8, 4) is 11.4 Å². The molecular weight excluding hydrogens is 406 g/mol. The molecule has 1 aliphatic rings. The van der Waals surface area contributed by atoms with Gasteiger partial charge in [-0.15, -0.1) is 0 Å². The van der Waals surface area contributed by atoms with Crippen LogP contribution in [0.3, 0.4) is 0 Å². The molecule has 2 aromatic carbocycles. The highest BCUT2D eigenvalue weighted by molar-refractivity contribution is 6.31. The third kappa shape index (κ3) is 4.38. The normalized spacial score (nSPS) is 13.9. The lowest BCUT2D eigenvalue weighted by Crippen LogP contribution is -2.38. The smallest absolute Gasteiger partial charge is 0.274 e. The van der Waals surface area contributed by atoms with Crippen LogP contribution >= 0.6 is 11.6 Å². The minimum atomic E-state index is -0.385. The van der Waals surface area contributed by atoms with Crippen molar-refractivity contribution in [1.82, 2.24) is 15.1 Å². The summed E-state index contributed by atoms with van der Waals surface area (Å²) in [6.07, 6.45) is 0.562. The number of anilines is 1. The number of aromatic nitrogens is 2. The van der Waals surface area contributed by atoms with Gasteiger partial charge in [-0.2, -0.15) is 10.1 Å². The standard InChI is InChI=1S/C21H18ClN5O3/c1-13-7-8-15(11-16(13)22)23-18(28)12-27-19(29)10-9-17(25-27)21-24-20(26-30-21)14-5-3-2-4-6-14/h2-8,11H,9-10,12H2,1H3,(H,23,28). The van der Waals surface area contributed by atoms with Crippen LogP contribution < -0.4 is 5.32 Å². The van der Waals surface area contributed by atoms with E-state index >= 15 is 0 Å². The zero-order valence-electron chi connectivity index (χ0n) is 16.1. The third-order valence-electron chi connectivity index (χ3n) is 4.56. The first-order valence-corrected chi connectivity index (χ1v) is 9.71. The quantitative estimate of drug-likeness (QED) is 0.674. The Morgan fingerprint density at radius 3 is 2.77 bits per heavy atom. The molecule has 0 unspecified atom stereocenters. The number of hydrogen-bond acceptors (Lipinski definition) is 6. The fraction of sp³-hybridized carbons (Fsp3) is 0.190. The Kier molecular flexibility index (Phi) is 5.58. The van der Waals surface area contributed by atoms with Gasteiger partial charge >= 0.3 is 0 Å². The molecule has 0 atom stereocenters. The largest absolute Gasteiger partial charge is 0.332 e. The van der Waals surface area contributed by atoms with E-state index < -0.39 is 0 Å². The van der Waals surface area contributed by atoms with Gasteiger partial charge in [0.25, 0.3) is 5.89 Å². The van der Waals surface area contributed by atoms with Crippen molar-refractivity contribution in [2.75, 3.05) is 11.9 Å². The molecule has 8 nitrogen and oxygen atoms in total. The Bertz CT molecular complexity index is 1130. The highest BCUT2D eigenvalue weighted by atomic mass is 35.5. The lowest BCUT2D eigenvalue weighted by molar-refractivity contribution is -0.135. The minimum absolute atomic E-state index is 0.200. The maximum absolute atomic E-state index is 12.4. The summed E-state index contributed by atoms with van der Waals surface area (Å²) in [7, 11) is 0. The van der Waals surface area contributed by atoms with Gasteiger partial charge in [0, 0.05) is 29.1 Å². The van der Waals surface area contributed by atoms with Gasteiger partial charge in [-0.05, 0) is 24.6 Å². The van der Waals surface area contributed by atoms with Gasteiger partial charge in [-0.1, -0.05) is 53.2 Å². The average molecular weight is 424 g/mol. The van der Waals surface area contributed by atoms with Crippen molar-refractivity contribution >= 4 is 34.8 Å². The van der Waals surface area contributed by atoms with Crippen LogP contribution in [0.4, 0.5) is 5.69 Å². The maximum Gasteiger partial charge on any atom is 0.274 e. The van der Waals surface area contributed by atoms with Gasteiger partial charge in [-0.3, -0.25) is 9.59 Å². The van der Waals surface area contributed by atoms with Crippen LogP contribution in [0.1, 0.15) is 24.3 Å². The molecular formula is C21H18ClN5O3. The van der Waals surface area contributed by atoms with E-state index in [0.717, 1.165) is 16.1 Å². The number of aryl methyl sites for hydroxylation is 1. The molecule has 1 aliphatic heterocycles. The summed E-state index contributed by atoms with van der Waals surface area (Å²) in [6.45, 7) is 1.64. The van der Waals surface area contributed by atoms with Crippen LogP contribution in [0.15, 0.2) is 58.2 Å². The summed E-state index contributed by atoms with van der Waals surface area (Å²) in [5, 5.41) is 12.6. The molecule has 9 heteroatoms. The van der Waals surface area contributed by atoms with Crippen LogP contribution in [0.25, 0.3) is 11.4 Å². The van der Waals surface area contributed by atoms with Gasteiger partial charge < -0.3 is 9.84 Å². The number of halogens is 1. The molecule has 0 saturated heterocycles. The van der Waals surface area contributed by atoms with E-state index in [1.54, 1.807) is 18.2 Å². The van der Waals surface area contributed by atoms with Gasteiger partial charge in [-0.25, -0.2) is 5.01 Å². The number of carbonyl (C=O) groups excluding carboxylic acids is 2. The Morgan fingerprint density at radius 2 is 2.00 bits per heavy atom. The second kappa shape index (κ2) is 8.46. The lowest BCUT2D eigenvalue weighted by Gasteiger charge is -2.21. The van der Waals surface area contributed by atoms with Crippen molar-refractivity contribution in [3.63, 3.8) is 0 Å². The zero-order valence-corrected chi connectivity index (χ0v) is 16.9. The maximum atomic E-state index is 12.4. The monoisotopic (exact) mass is 423 g/mol. The number of amides is 2. The topological polar surface area (TPSA) is 101 Å². The van der Waals surface area contributed by atoms with Crippen LogP contribution in [-0.2, 0) is 9.59 Å². The molecule has 0 aliphatic carbocycles. The highest BCUT2D eigenvalue weighted by Gasteiger charge is 2.26. The van der Waals surface area contributed by atoms with E-state index in [-0.39, 0.29) is 30.7 Å². The van der Waals surface area contributed by atoms with E-state index in [2.05, 4.69) is 20.6 Å². The highest BCUT2D eigenvalue weighted by Crippen LogP contribution is 2.21. The van der Waals surface area contributed by atoms with Crippen molar-refractivity contribution < 1.29 is 14.1 Å².